The molecule has 20 heavy (non-hydrogen) atoms. The van der Waals surface area contributed by atoms with Crippen molar-refractivity contribution >= 4 is 29.2 Å². The van der Waals surface area contributed by atoms with E-state index >= 15 is 0 Å². The third kappa shape index (κ3) is 4.70. The average Bonchev–Trinajstić information content (AvgIpc) is 2.29. The number of carbonyl (C=O) groups is 2. The topological polar surface area (TPSA) is 97.1 Å². The fraction of sp³-hybridized carbons (Fsp3) is 0.462. The highest BCUT2D eigenvalue weighted by Gasteiger charge is 2.24. The molecule has 7 heteroatoms. The van der Waals surface area contributed by atoms with Gasteiger partial charge in [-0.05, 0) is 26.8 Å². The zero-order chi connectivity index (χ0) is 15.3. The molecule has 0 spiro atoms. The molecule has 0 saturated heterocycles. The normalized spacial score (nSPS) is 11.0. The largest absolute Gasteiger partial charge is 0.370 e. The van der Waals surface area contributed by atoms with Crippen LogP contribution in [0.25, 0.3) is 0 Å². The maximum Gasteiger partial charge on any atom is 0.253 e. The van der Waals surface area contributed by atoms with E-state index in [1.54, 1.807) is 19.9 Å². The molecule has 1 aromatic rings. The predicted octanol–water partition coefficient (Wildman–Crippen LogP) is 1.55. The number of primary amides is 1. The number of anilines is 1. The van der Waals surface area contributed by atoms with E-state index in [9.17, 15) is 9.59 Å². The van der Waals surface area contributed by atoms with Crippen LogP contribution < -0.4 is 16.4 Å². The molecule has 0 saturated carbocycles. The van der Waals surface area contributed by atoms with Gasteiger partial charge in [0, 0.05) is 24.7 Å². The van der Waals surface area contributed by atoms with Gasteiger partial charge in [0.1, 0.15) is 5.82 Å². The Morgan fingerprint density at radius 1 is 1.45 bits per heavy atom. The van der Waals surface area contributed by atoms with E-state index < -0.39 is 11.4 Å². The second kappa shape index (κ2) is 6.56. The number of amides is 2. The molecule has 0 aromatic carbocycles. The Kier molecular flexibility index (Phi) is 5.33. The van der Waals surface area contributed by atoms with Gasteiger partial charge in [-0.15, -0.1) is 0 Å². The monoisotopic (exact) mass is 298 g/mol. The molecule has 0 unspecified atom stereocenters. The van der Waals surface area contributed by atoms with Crippen molar-refractivity contribution in [1.29, 1.82) is 0 Å². The fourth-order valence-electron chi connectivity index (χ4n) is 1.74. The maximum absolute atomic E-state index is 12.2. The van der Waals surface area contributed by atoms with E-state index in [0.717, 1.165) is 0 Å². The summed E-state index contributed by atoms with van der Waals surface area (Å²) in [5, 5.41) is 5.98. The molecule has 0 bridgehead atoms. The molecule has 110 valence electrons. The van der Waals surface area contributed by atoms with Crippen LogP contribution in [0.15, 0.2) is 12.3 Å². The summed E-state index contributed by atoms with van der Waals surface area (Å²) in [5.41, 5.74) is 4.71. The molecule has 4 N–H and O–H groups in total. The SMILES string of the molecule is CCNc1cc(C(=O)NC(C)(C)CC(N)=O)c(Cl)cn1. The average molecular weight is 299 g/mol. The highest BCUT2D eigenvalue weighted by molar-refractivity contribution is 6.33. The van der Waals surface area contributed by atoms with Crippen LogP contribution in [0.3, 0.4) is 0 Å². The summed E-state index contributed by atoms with van der Waals surface area (Å²) in [6.45, 7) is 6.04. The van der Waals surface area contributed by atoms with Crippen molar-refractivity contribution in [2.75, 3.05) is 11.9 Å². The van der Waals surface area contributed by atoms with Crippen molar-refractivity contribution in [2.24, 2.45) is 5.73 Å². The van der Waals surface area contributed by atoms with Crippen molar-refractivity contribution < 1.29 is 9.59 Å². The van der Waals surface area contributed by atoms with Gasteiger partial charge in [0.2, 0.25) is 5.91 Å². The number of nitrogens with zero attached hydrogens (tertiary/aromatic N) is 1. The van der Waals surface area contributed by atoms with Crippen LogP contribution in [0.5, 0.6) is 0 Å². The summed E-state index contributed by atoms with van der Waals surface area (Å²) in [6.07, 6.45) is 1.46. The summed E-state index contributed by atoms with van der Waals surface area (Å²) in [4.78, 5) is 27.2. The van der Waals surface area contributed by atoms with Crippen LogP contribution in [0.2, 0.25) is 5.02 Å². The van der Waals surface area contributed by atoms with E-state index in [2.05, 4.69) is 15.6 Å². The highest BCUT2D eigenvalue weighted by Crippen LogP contribution is 2.19. The van der Waals surface area contributed by atoms with Gasteiger partial charge in [0.25, 0.3) is 5.91 Å². The van der Waals surface area contributed by atoms with Gasteiger partial charge >= 0.3 is 0 Å². The van der Waals surface area contributed by atoms with E-state index in [4.69, 9.17) is 17.3 Å². The van der Waals surface area contributed by atoms with Gasteiger partial charge in [-0.25, -0.2) is 4.98 Å². The second-order valence-corrected chi connectivity index (χ2v) is 5.47. The zero-order valence-electron chi connectivity index (χ0n) is 11.8. The van der Waals surface area contributed by atoms with Crippen LogP contribution in [0.4, 0.5) is 5.82 Å². The highest BCUT2D eigenvalue weighted by atomic mass is 35.5. The van der Waals surface area contributed by atoms with Gasteiger partial charge in [0.15, 0.2) is 0 Å². The molecule has 6 nitrogen and oxygen atoms in total. The Hall–Kier alpha value is -1.82. The molecule has 0 radical (unpaired) electrons. The molecule has 2 amide bonds. The molecular formula is C13H19ClN4O2. The third-order valence-electron chi connectivity index (χ3n) is 2.53. The number of nitrogens with two attached hydrogens (primary N) is 1. The van der Waals surface area contributed by atoms with E-state index in [0.29, 0.717) is 17.9 Å². The number of nitrogens with one attached hydrogen (secondary N) is 2. The van der Waals surface area contributed by atoms with Gasteiger partial charge in [-0.2, -0.15) is 0 Å². The summed E-state index contributed by atoms with van der Waals surface area (Å²) < 4.78 is 0. The lowest BCUT2D eigenvalue weighted by molar-refractivity contribution is -0.119. The summed E-state index contributed by atoms with van der Waals surface area (Å²) in [5.74, 6) is -0.290. The van der Waals surface area contributed by atoms with E-state index in [1.807, 2.05) is 6.92 Å². The first-order valence-electron chi connectivity index (χ1n) is 6.25. The van der Waals surface area contributed by atoms with Crippen LogP contribution in [-0.4, -0.2) is 28.9 Å². The molecular weight excluding hydrogens is 280 g/mol. The minimum Gasteiger partial charge on any atom is -0.370 e. The van der Waals surface area contributed by atoms with Crippen LogP contribution in [0.1, 0.15) is 37.6 Å². The summed E-state index contributed by atoms with van der Waals surface area (Å²) >= 11 is 5.98. The second-order valence-electron chi connectivity index (χ2n) is 5.06. The van der Waals surface area contributed by atoms with Gasteiger partial charge in [0.05, 0.1) is 10.6 Å². The molecule has 0 aliphatic heterocycles. The van der Waals surface area contributed by atoms with Crippen LogP contribution in [0, 0.1) is 0 Å². The quantitative estimate of drug-likeness (QED) is 0.742. The number of aromatic nitrogens is 1. The van der Waals surface area contributed by atoms with E-state index in [1.165, 1.54) is 6.20 Å². The minimum atomic E-state index is -0.742. The number of halogens is 1. The lowest BCUT2D eigenvalue weighted by Crippen LogP contribution is -2.46. The van der Waals surface area contributed by atoms with Gasteiger partial charge < -0.3 is 16.4 Å². The van der Waals surface area contributed by atoms with Crippen molar-refractivity contribution in [1.82, 2.24) is 10.3 Å². The standard InChI is InChI=1S/C13H19ClN4O2/c1-4-16-11-5-8(9(14)7-17-11)12(20)18-13(2,3)6-10(15)19/h5,7H,4,6H2,1-3H3,(H2,15,19)(H,16,17)(H,18,20). The maximum atomic E-state index is 12.2. The molecule has 0 aliphatic rings. The summed E-state index contributed by atoms with van der Waals surface area (Å²) in [6, 6.07) is 1.57. The zero-order valence-corrected chi connectivity index (χ0v) is 12.5. The van der Waals surface area contributed by atoms with Crippen molar-refractivity contribution in [3.8, 4) is 0 Å². The lowest BCUT2D eigenvalue weighted by atomic mass is 9.99. The smallest absolute Gasteiger partial charge is 0.253 e. The molecule has 1 heterocycles. The Morgan fingerprint density at radius 2 is 2.10 bits per heavy atom. The number of hydrogen-bond donors (Lipinski definition) is 3. The van der Waals surface area contributed by atoms with Gasteiger partial charge in [-0.3, -0.25) is 9.59 Å². The predicted molar refractivity (Wildman–Crippen MR) is 78.8 cm³/mol. The Labute approximate surface area is 123 Å². The van der Waals surface area contributed by atoms with Crippen LogP contribution >= 0.6 is 11.6 Å². The number of hydrogen-bond acceptors (Lipinski definition) is 4. The first-order chi connectivity index (χ1) is 9.25. The molecule has 0 atom stereocenters. The van der Waals surface area contributed by atoms with Gasteiger partial charge in [-0.1, -0.05) is 11.6 Å². The lowest BCUT2D eigenvalue weighted by Gasteiger charge is -2.25. The minimum absolute atomic E-state index is 0.0432. The Balaban J connectivity index is 2.91. The van der Waals surface area contributed by atoms with Crippen molar-refractivity contribution in [3.63, 3.8) is 0 Å². The first kappa shape index (κ1) is 16.2. The number of carbonyl (C=O) groups excluding carboxylic acids is 2. The summed E-state index contributed by atoms with van der Waals surface area (Å²) in [7, 11) is 0. The third-order valence-corrected chi connectivity index (χ3v) is 2.83. The number of rotatable bonds is 6. The Bertz CT molecular complexity index is 517. The number of pyridine rings is 1. The first-order valence-corrected chi connectivity index (χ1v) is 6.63. The van der Waals surface area contributed by atoms with Crippen LogP contribution in [-0.2, 0) is 4.79 Å². The molecule has 1 aromatic heterocycles. The fourth-order valence-corrected chi connectivity index (χ4v) is 1.93. The van der Waals surface area contributed by atoms with E-state index in [-0.39, 0.29) is 17.4 Å². The molecule has 0 fully saturated rings. The molecule has 1 rings (SSSR count). The van der Waals surface area contributed by atoms with Crippen molar-refractivity contribution in [2.45, 2.75) is 32.7 Å². The Morgan fingerprint density at radius 3 is 2.65 bits per heavy atom. The molecule has 0 aliphatic carbocycles. The van der Waals surface area contributed by atoms with Crippen molar-refractivity contribution in [3.05, 3.63) is 22.8 Å².